The molecule has 1 heterocycles. The van der Waals surface area contributed by atoms with E-state index >= 15 is 0 Å². The van der Waals surface area contributed by atoms with Crippen molar-refractivity contribution in [3.8, 4) is 0 Å². The largest absolute Gasteiger partial charge is 0.354 e. The Kier molecular flexibility index (Phi) is 6.44. The van der Waals surface area contributed by atoms with E-state index in [0.29, 0.717) is 25.2 Å². The third kappa shape index (κ3) is 5.80. The Balaban J connectivity index is 2.32. The summed E-state index contributed by atoms with van der Waals surface area (Å²) in [6.45, 7) is 4.61. The van der Waals surface area contributed by atoms with Gasteiger partial charge in [-0.05, 0) is 20.4 Å². The van der Waals surface area contributed by atoms with Crippen LogP contribution in [-0.2, 0) is 11.2 Å². The fraction of sp³-hybridized carbons (Fsp3) is 0.583. The number of thiazole rings is 1. The van der Waals surface area contributed by atoms with Gasteiger partial charge in [0.05, 0.1) is 5.01 Å². The fourth-order valence-corrected chi connectivity index (χ4v) is 2.22. The Morgan fingerprint density at radius 1 is 1.47 bits per heavy atom. The average Bonchev–Trinajstić information content (AvgIpc) is 2.77. The normalized spacial score (nSPS) is 10.5. The van der Waals surface area contributed by atoms with Gasteiger partial charge in [0.2, 0.25) is 5.91 Å². The van der Waals surface area contributed by atoms with E-state index in [9.17, 15) is 9.59 Å². The zero-order chi connectivity index (χ0) is 14.3. The van der Waals surface area contributed by atoms with Gasteiger partial charge in [0.1, 0.15) is 5.69 Å². The van der Waals surface area contributed by atoms with E-state index < -0.39 is 0 Å². The minimum absolute atomic E-state index is 0.0719. The molecule has 0 spiro atoms. The second kappa shape index (κ2) is 7.85. The van der Waals surface area contributed by atoms with Crippen LogP contribution in [0.15, 0.2) is 5.38 Å². The topological polar surface area (TPSA) is 97.1 Å². The second-order valence-electron chi connectivity index (χ2n) is 4.39. The second-order valence-corrected chi connectivity index (χ2v) is 5.34. The Hall–Kier alpha value is -1.47. The summed E-state index contributed by atoms with van der Waals surface area (Å²) >= 11 is 1.42. The van der Waals surface area contributed by atoms with Crippen LogP contribution in [0.5, 0.6) is 0 Å². The summed E-state index contributed by atoms with van der Waals surface area (Å²) in [5, 5.41) is 7.99. The van der Waals surface area contributed by atoms with Crippen molar-refractivity contribution in [1.82, 2.24) is 15.6 Å². The Morgan fingerprint density at radius 2 is 2.21 bits per heavy atom. The van der Waals surface area contributed by atoms with Gasteiger partial charge in [0, 0.05) is 30.8 Å². The van der Waals surface area contributed by atoms with Gasteiger partial charge in [0.15, 0.2) is 0 Å². The summed E-state index contributed by atoms with van der Waals surface area (Å²) in [5.41, 5.74) is 5.81. The molecule has 19 heavy (non-hydrogen) atoms. The molecule has 0 fully saturated rings. The SMILES string of the molecule is CC(C)NC(=O)CCNC(=O)c1csc(CCN)n1. The Morgan fingerprint density at radius 3 is 2.84 bits per heavy atom. The molecule has 0 radical (unpaired) electrons. The molecule has 0 aliphatic rings. The minimum atomic E-state index is -0.253. The number of amides is 2. The minimum Gasteiger partial charge on any atom is -0.354 e. The molecular formula is C12H20N4O2S. The molecule has 106 valence electrons. The van der Waals surface area contributed by atoms with Crippen LogP contribution in [0.25, 0.3) is 0 Å². The molecule has 0 unspecified atom stereocenters. The molecule has 0 aliphatic carbocycles. The molecule has 2 amide bonds. The van der Waals surface area contributed by atoms with Crippen molar-refractivity contribution in [2.24, 2.45) is 5.73 Å². The molecule has 1 aromatic heterocycles. The monoisotopic (exact) mass is 284 g/mol. The number of hydrogen-bond donors (Lipinski definition) is 3. The van der Waals surface area contributed by atoms with E-state index in [2.05, 4.69) is 15.6 Å². The lowest BCUT2D eigenvalue weighted by Gasteiger charge is -2.08. The highest BCUT2D eigenvalue weighted by Gasteiger charge is 2.10. The first kappa shape index (κ1) is 15.6. The summed E-state index contributed by atoms with van der Waals surface area (Å²) in [7, 11) is 0. The highest BCUT2D eigenvalue weighted by atomic mass is 32.1. The Bertz CT molecular complexity index is 431. The quantitative estimate of drug-likeness (QED) is 0.670. The molecule has 0 atom stereocenters. The lowest BCUT2D eigenvalue weighted by atomic mass is 10.3. The smallest absolute Gasteiger partial charge is 0.270 e. The standard InChI is InChI=1S/C12H20N4O2S/c1-8(2)15-10(17)4-6-14-12(18)9-7-19-11(16-9)3-5-13/h7-8H,3-6,13H2,1-2H3,(H,14,18)(H,15,17). The van der Waals surface area contributed by atoms with Gasteiger partial charge >= 0.3 is 0 Å². The van der Waals surface area contributed by atoms with E-state index in [0.717, 1.165) is 5.01 Å². The Labute approximate surface area is 116 Å². The number of nitrogens with two attached hydrogens (primary N) is 1. The molecular weight excluding hydrogens is 264 g/mol. The van der Waals surface area contributed by atoms with Gasteiger partial charge in [-0.15, -0.1) is 11.3 Å². The van der Waals surface area contributed by atoms with Crippen LogP contribution >= 0.6 is 11.3 Å². The lowest BCUT2D eigenvalue weighted by Crippen LogP contribution is -2.34. The highest BCUT2D eigenvalue weighted by Crippen LogP contribution is 2.09. The molecule has 1 rings (SSSR count). The van der Waals surface area contributed by atoms with Crippen molar-refractivity contribution in [3.05, 3.63) is 16.1 Å². The molecule has 4 N–H and O–H groups in total. The van der Waals surface area contributed by atoms with Crippen molar-refractivity contribution in [2.75, 3.05) is 13.1 Å². The number of rotatable bonds is 7. The van der Waals surface area contributed by atoms with Gasteiger partial charge in [0.25, 0.3) is 5.91 Å². The third-order valence-electron chi connectivity index (χ3n) is 2.23. The van der Waals surface area contributed by atoms with Gasteiger partial charge in [-0.2, -0.15) is 0 Å². The van der Waals surface area contributed by atoms with Crippen molar-refractivity contribution in [3.63, 3.8) is 0 Å². The van der Waals surface area contributed by atoms with Crippen molar-refractivity contribution < 1.29 is 9.59 Å². The van der Waals surface area contributed by atoms with E-state index in [4.69, 9.17) is 5.73 Å². The van der Waals surface area contributed by atoms with Crippen LogP contribution in [0, 0.1) is 0 Å². The van der Waals surface area contributed by atoms with Gasteiger partial charge < -0.3 is 16.4 Å². The number of hydrogen-bond acceptors (Lipinski definition) is 5. The number of carbonyl (C=O) groups is 2. The van der Waals surface area contributed by atoms with E-state index in [-0.39, 0.29) is 24.3 Å². The molecule has 0 saturated carbocycles. The van der Waals surface area contributed by atoms with E-state index in [1.807, 2.05) is 13.8 Å². The van der Waals surface area contributed by atoms with E-state index in [1.54, 1.807) is 5.38 Å². The van der Waals surface area contributed by atoms with Crippen molar-refractivity contribution >= 4 is 23.2 Å². The van der Waals surface area contributed by atoms with Gasteiger partial charge in [-0.1, -0.05) is 0 Å². The lowest BCUT2D eigenvalue weighted by molar-refractivity contribution is -0.121. The summed E-state index contributed by atoms with van der Waals surface area (Å²) in [4.78, 5) is 27.3. The fourth-order valence-electron chi connectivity index (χ4n) is 1.43. The van der Waals surface area contributed by atoms with Crippen molar-refractivity contribution in [1.29, 1.82) is 0 Å². The maximum Gasteiger partial charge on any atom is 0.270 e. The predicted molar refractivity (Wildman–Crippen MR) is 75.1 cm³/mol. The molecule has 0 bridgehead atoms. The number of nitrogens with one attached hydrogen (secondary N) is 2. The average molecular weight is 284 g/mol. The first-order valence-corrected chi connectivity index (χ1v) is 7.13. The third-order valence-corrected chi connectivity index (χ3v) is 3.14. The molecule has 1 aromatic rings. The summed E-state index contributed by atoms with van der Waals surface area (Å²) in [6, 6.07) is 0.112. The molecule has 0 aliphatic heterocycles. The zero-order valence-corrected chi connectivity index (χ0v) is 12.0. The van der Waals surface area contributed by atoms with Crippen LogP contribution in [0.1, 0.15) is 35.8 Å². The number of nitrogens with zero attached hydrogens (tertiary/aromatic N) is 1. The van der Waals surface area contributed by atoms with Crippen LogP contribution in [0.2, 0.25) is 0 Å². The van der Waals surface area contributed by atoms with Crippen LogP contribution < -0.4 is 16.4 Å². The maximum atomic E-state index is 11.7. The van der Waals surface area contributed by atoms with Gasteiger partial charge in [-0.25, -0.2) is 4.98 Å². The van der Waals surface area contributed by atoms with Gasteiger partial charge in [-0.3, -0.25) is 9.59 Å². The van der Waals surface area contributed by atoms with Crippen LogP contribution in [0.4, 0.5) is 0 Å². The maximum absolute atomic E-state index is 11.7. The van der Waals surface area contributed by atoms with E-state index in [1.165, 1.54) is 11.3 Å². The molecule has 0 saturated heterocycles. The predicted octanol–water partition coefficient (Wildman–Crippen LogP) is 0.289. The first-order valence-electron chi connectivity index (χ1n) is 6.25. The summed E-state index contributed by atoms with van der Waals surface area (Å²) in [6.07, 6.45) is 0.943. The summed E-state index contributed by atoms with van der Waals surface area (Å²) in [5.74, 6) is -0.325. The highest BCUT2D eigenvalue weighted by molar-refractivity contribution is 7.09. The first-order chi connectivity index (χ1) is 9.02. The summed E-state index contributed by atoms with van der Waals surface area (Å²) < 4.78 is 0. The van der Waals surface area contributed by atoms with Crippen LogP contribution in [0.3, 0.4) is 0 Å². The van der Waals surface area contributed by atoms with Crippen molar-refractivity contribution in [2.45, 2.75) is 32.7 Å². The number of carbonyl (C=O) groups excluding carboxylic acids is 2. The molecule has 0 aromatic carbocycles. The molecule has 7 heteroatoms. The zero-order valence-electron chi connectivity index (χ0n) is 11.2. The van der Waals surface area contributed by atoms with Crippen LogP contribution in [-0.4, -0.2) is 35.9 Å². The molecule has 6 nitrogen and oxygen atoms in total. The number of aromatic nitrogens is 1.